The first-order valence-corrected chi connectivity index (χ1v) is 9.25. The van der Waals surface area contributed by atoms with E-state index >= 15 is 0 Å². The second-order valence-corrected chi connectivity index (χ2v) is 7.28. The first-order chi connectivity index (χ1) is 11.8. The minimum Gasteiger partial charge on any atom is -0.493 e. The van der Waals surface area contributed by atoms with Crippen LogP contribution in [0.25, 0.3) is 0 Å². The van der Waals surface area contributed by atoms with Gasteiger partial charge in [-0.2, -0.15) is 0 Å². The molecule has 2 aromatic carbocycles. The summed E-state index contributed by atoms with van der Waals surface area (Å²) in [6.07, 6.45) is 1.11. The van der Waals surface area contributed by atoms with Crippen LogP contribution in [0, 0.1) is 0 Å². The van der Waals surface area contributed by atoms with Crippen molar-refractivity contribution < 1.29 is 22.7 Å². The molecule has 2 aromatic rings. The van der Waals surface area contributed by atoms with Crippen LogP contribution in [0.15, 0.2) is 48.5 Å². The zero-order valence-electron chi connectivity index (χ0n) is 14.2. The van der Waals surface area contributed by atoms with Gasteiger partial charge in [-0.05, 0) is 30.3 Å². The Labute approximate surface area is 147 Å². The number of carbonyl (C=O) groups is 1. The topological polar surface area (TPSA) is 84.9 Å². The Hall–Kier alpha value is -2.74. The molecule has 0 saturated heterocycles. The fourth-order valence-corrected chi connectivity index (χ4v) is 2.55. The highest BCUT2D eigenvalue weighted by atomic mass is 32.2. The first-order valence-electron chi connectivity index (χ1n) is 7.41. The van der Waals surface area contributed by atoms with Gasteiger partial charge in [-0.15, -0.1) is 0 Å². The number of methoxy groups -OCH3 is 1. The van der Waals surface area contributed by atoms with Crippen molar-refractivity contribution in [1.82, 2.24) is 0 Å². The van der Waals surface area contributed by atoms with Gasteiger partial charge in [-0.1, -0.05) is 18.2 Å². The summed E-state index contributed by atoms with van der Waals surface area (Å²) in [6, 6.07) is 13.6. The molecule has 0 unspecified atom stereocenters. The number of amides is 1. The van der Waals surface area contributed by atoms with Gasteiger partial charge >= 0.3 is 0 Å². The van der Waals surface area contributed by atoms with Crippen LogP contribution in [0.1, 0.15) is 0 Å². The molecule has 2 rings (SSSR count). The number of anilines is 2. The van der Waals surface area contributed by atoms with Gasteiger partial charge in [0.15, 0.2) is 18.1 Å². The lowest BCUT2D eigenvalue weighted by atomic mass is 10.3. The van der Waals surface area contributed by atoms with Gasteiger partial charge in [0.1, 0.15) is 0 Å². The zero-order valence-corrected chi connectivity index (χ0v) is 15.0. The maximum atomic E-state index is 12.1. The van der Waals surface area contributed by atoms with E-state index in [0.717, 1.165) is 10.6 Å². The van der Waals surface area contributed by atoms with Crippen molar-refractivity contribution in [2.45, 2.75) is 0 Å². The zero-order chi connectivity index (χ0) is 18.4. The van der Waals surface area contributed by atoms with Crippen molar-refractivity contribution in [1.29, 1.82) is 0 Å². The largest absolute Gasteiger partial charge is 0.493 e. The molecule has 0 aliphatic carbocycles. The fourth-order valence-electron chi connectivity index (χ4n) is 2.05. The average molecular weight is 364 g/mol. The van der Waals surface area contributed by atoms with Crippen molar-refractivity contribution in [2.24, 2.45) is 0 Å². The van der Waals surface area contributed by atoms with E-state index in [4.69, 9.17) is 9.47 Å². The number of hydrogen-bond acceptors (Lipinski definition) is 5. The van der Waals surface area contributed by atoms with E-state index in [9.17, 15) is 13.2 Å². The number of nitrogens with one attached hydrogen (secondary N) is 1. The van der Waals surface area contributed by atoms with Gasteiger partial charge in [0.25, 0.3) is 5.91 Å². The average Bonchev–Trinajstić information content (AvgIpc) is 2.59. The molecule has 7 nitrogen and oxygen atoms in total. The molecule has 0 heterocycles. The van der Waals surface area contributed by atoms with E-state index in [-0.39, 0.29) is 12.5 Å². The summed E-state index contributed by atoms with van der Waals surface area (Å²) in [7, 11) is -0.408. The van der Waals surface area contributed by atoms with Crippen LogP contribution in [0.3, 0.4) is 0 Å². The minimum atomic E-state index is -3.37. The van der Waals surface area contributed by atoms with E-state index in [1.54, 1.807) is 48.5 Å². The van der Waals surface area contributed by atoms with Crippen LogP contribution in [0.2, 0.25) is 0 Å². The summed E-state index contributed by atoms with van der Waals surface area (Å²) < 4.78 is 34.9. The van der Waals surface area contributed by atoms with Crippen LogP contribution in [-0.2, 0) is 14.8 Å². The van der Waals surface area contributed by atoms with Crippen molar-refractivity contribution in [2.75, 3.05) is 36.6 Å². The number of hydrogen-bond donors (Lipinski definition) is 1. The van der Waals surface area contributed by atoms with Crippen LogP contribution in [0.4, 0.5) is 11.4 Å². The molecule has 0 fully saturated rings. The summed E-state index contributed by atoms with van der Waals surface area (Å²) in [4.78, 5) is 12.1. The number of ether oxygens (including phenoxy) is 2. The molecule has 25 heavy (non-hydrogen) atoms. The summed E-state index contributed by atoms with van der Waals surface area (Å²) in [5.41, 5.74) is 0.924. The third-order valence-electron chi connectivity index (χ3n) is 3.42. The molecule has 0 atom stereocenters. The van der Waals surface area contributed by atoms with Crippen molar-refractivity contribution in [3.63, 3.8) is 0 Å². The van der Waals surface area contributed by atoms with Crippen LogP contribution in [0.5, 0.6) is 11.5 Å². The quantitative estimate of drug-likeness (QED) is 0.813. The SMILES string of the molecule is COc1ccccc1OCC(=O)Nc1cccc(N(C)S(C)(=O)=O)c1. The third-order valence-corrected chi connectivity index (χ3v) is 4.62. The second kappa shape index (κ2) is 7.89. The Morgan fingerprint density at radius 2 is 1.80 bits per heavy atom. The minimum absolute atomic E-state index is 0.202. The fraction of sp³-hybridized carbons (Fsp3) is 0.235. The number of carbonyl (C=O) groups excluding carboxylic acids is 1. The highest BCUT2D eigenvalue weighted by Crippen LogP contribution is 2.25. The number of benzene rings is 2. The molecule has 0 radical (unpaired) electrons. The molecule has 8 heteroatoms. The Balaban J connectivity index is 2.01. The molecule has 0 aromatic heterocycles. The van der Waals surface area contributed by atoms with Gasteiger partial charge in [-0.25, -0.2) is 8.42 Å². The number of para-hydroxylation sites is 2. The molecule has 0 bridgehead atoms. The van der Waals surface area contributed by atoms with Crippen LogP contribution in [-0.4, -0.2) is 41.3 Å². The molecule has 0 saturated carbocycles. The highest BCUT2D eigenvalue weighted by molar-refractivity contribution is 7.92. The van der Waals surface area contributed by atoms with Crippen LogP contribution >= 0.6 is 0 Å². The number of rotatable bonds is 7. The third kappa shape index (κ3) is 5.12. The summed E-state index contributed by atoms with van der Waals surface area (Å²) in [5, 5.41) is 2.67. The Bertz CT molecular complexity index is 852. The normalized spacial score (nSPS) is 10.8. The number of sulfonamides is 1. The summed E-state index contributed by atoms with van der Waals surface area (Å²) in [6.45, 7) is -0.202. The first kappa shape index (κ1) is 18.6. The molecule has 0 aliphatic heterocycles. The maximum Gasteiger partial charge on any atom is 0.262 e. The summed E-state index contributed by atoms with van der Waals surface area (Å²) in [5.74, 6) is 0.628. The summed E-state index contributed by atoms with van der Waals surface area (Å²) >= 11 is 0. The molecule has 1 amide bonds. The van der Waals surface area contributed by atoms with Crippen molar-refractivity contribution in [3.05, 3.63) is 48.5 Å². The smallest absolute Gasteiger partial charge is 0.262 e. The van der Waals surface area contributed by atoms with E-state index in [1.807, 2.05) is 0 Å². The van der Waals surface area contributed by atoms with Gasteiger partial charge < -0.3 is 14.8 Å². The second-order valence-electron chi connectivity index (χ2n) is 5.27. The Kier molecular flexibility index (Phi) is 5.87. The van der Waals surface area contributed by atoms with Gasteiger partial charge in [-0.3, -0.25) is 9.10 Å². The molecule has 1 N–H and O–H groups in total. The highest BCUT2D eigenvalue weighted by Gasteiger charge is 2.13. The van der Waals surface area contributed by atoms with E-state index in [1.165, 1.54) is 14.2 Å². The maximum absolute atomic E-state index is 12.1. The van der Waals surface area contributed by atoms with E-state index < -0.39 is 10.0 Å². The monoisotopic (exact) mass is 364 g/mol. The molecular weight excluding hydrogens is 344 g/mol. The lowest BCUT2D eigenvalue weighted by molar-refractivity contribution is -0.118. The van der Waals surface area contributed by atoms with Crippen LogP contribution < -0.4 is 19.1 Å². The van der Waals surface area contributed by atoms with Gasteiger partial charge in [0, 0.05) is 12.7 Å². The Morgan fingerprint density at radius 3 is 2.44 bits per heavy atom. The lowest BCUT2D eigenvalue weighted by Crippen LogP contribution is -2.25. The predicted octanol–water partition coefficient (Wildman–Crippen LogP) is 2.11. The molecule has 0 spiro atoms. The number of nitrogens with zero attached hydrogens (tertiary/aromatic N) is 1. The lowest BCUT2D eigenvalue weighted by Gasteiger charge is -2.17. The van der Waals surface area contributed by atoms with Crippen molar-refractivity contribution in [3.8, 4) is 11.5 Å². The Morgan fingerprint density at radius 1 is 1.12 bits per heavy atom. The van der Waals surface area contributed by atoms with E-state index in [0.29, 0.717) is 22.9 Å². The van der Waals surface area contributed by atoms with Gasteiger partial charge in [0.05, 0.1) is 19.1 Å². The van der Waals surface area contributed by atoms with Crippen molar-refractivity contribution >= 4 is 27.3 Å². The molecular formula is C17H20N2O5S. The van der Waals surface area contributed by atoms with Gasteiger partial charge in [0.2, 0.25) is 10.0 Å². The standard InChI is InChI=1S/C17H20N2O5S/c1-19(25(3,21)22)14-8-6-7-13(11-14)18-17(20)12-24-16-10-5-4-9-15(16)23-2/h4-11H,12H2,1-3H3,(H,18,20). The predicted molar refractivity (Wildman–Crippen MR) is 96.8 cm³/mol. The van der Waals surface area contributed by atoms with E-state index in [2.05, 4.69) is 5.32 Å². The molecule has 134 valence electrons. The molecule has 0 aliphatic rings.